The summed E-state index contributed by atoms with van der Waals surface area (Å²) in [5.74, 6) is 0. The van der Waals surface area contributed by atoms with Crippen molar-refractivity contribution < 1.29 is 0 Å². The van der Waals surface area contributed by atoms with Gasteiger partial charge >= 0.3 is 0 Å². The summed E-state index contributed by atoms with van der Waals surface area (Å²) in [6.07, 6.45) is 1.99. The highest BCUT2D eigenvalue weighted by Gasteiger charge is 2.38. The topological polar surface area (TPSA) is 28.2 Å². The van der Waals surface area contributed by atoms with Crippen molar-refractivity contribution >= 4 is 11.3 Å². The highest BCUT2D eigenvalue weighted by Crippen LogP contribution is 2.29. The molecule has 0 radical (unpaired) electrons. The Balaban J connectivity index is 2.09. The van der Waals surface area contributed by atoms with Crippen LogP contribution in [0.4, 0.5) is 0 Å². The number of hydrogen-bond acceptors (Lipinski definition) is 4. The Kier molecular flexibility index (Phi) is 3.81. The fourth-order valence-electron chi connectivity index (χ4n) is 2.38. The van der Waals surface area contributed by atoms with E-state index in [9.17, 15) is 0 Å². The number of nitrogens with one attached hydrogen (secondary N) is 1. The summed E-state index contributed by atoms with van der Waals surface area (Å²) in [4.78, 5) is 8.13. The standard InChI is InChI=1S/C14H25N3S/c1-13(2,3)12-8-17(14(4,5)9-16-12)7-11-6-15-10-18-11/h6,10,12,16H,7-9H2,1-5H3. The van der Waals surface area contributed by atoms with Crippen LogP contribution in [-0.4, -0.2) is 34.6 Å². The molecule has 0 saturated carbocycles. The quantitative estimate of drug-likeness (QED) is 0.893. The molecule has 1 atom stereocenters. The largest absolute Gasteiger partial charge is 0.310 e. The van der Waals surface area contributed by atoms with Crippen LogP contribution in [0.5, 0.6) is 0 Å². The minimum atomic E-state index is 0.214. The normalized spacial score (nSPS) is 25.3. The molecule has 2 rings (SSSR count). The molecule has 1 N–H and O–H groups in total. The van der Waals surface area contributed by atoms with Crippen molar-refractivity contribution in [2.75, 3.05) is 13.1 Å². The van der Waals surface area contributed by atoms with Crippen molar-refractivity contribution in [1.82, 2.24) is 15.2 Å². The summed E-state index contributed by atoms with van der Waals surface area (Å²) in [5.41, 5.74) is 2.44. The fraction of sp³-hybridized carbons (Fsp3) is 0.786. The van der Waals surface area contributed by atoms with E-state index in [1.165, 1.54) is 4.88 Å². The molecule has 1 saturated heterocycles. The van der Waals surface area contributed by atoms with Crippen molar-refractivity contribution in [3.05, 3.63) is 16.6 Å². The smallest absolute Gasteiger partial charge is 0.0794 e. The maximum absolute atomic E-state index is 4.18. The Labute approximate surface area is 115 Å². The Morgan fingerprint density at radius 3 is 2.78 bits per heavy atom. The van der Waals surface area contributed by atoms with E-state index >= 15 is 0 Å². The van der Waals surface area contributed by atoms with Gasteiger partial charge in [0.1, 0.15) is 0 Å². The van der Waals surface area contributed by atoms with Gasteiger partial charge in [-0.05, 0) is 19.3 Å². The average Bonchev–Trinajstić information content (AvgIpc) is 2.72. The lowest BCUT2D eigenvalue weighted by Crippen LogP contribution is -2.64. The number of hydrogen-bond donors (Lipinski definition) is 1. The molecule has 1 fully saturated rings. The Bertz CT molecular complexity index is 378. The summed E-state index contributed by atoms with van der Waals surface area (Å²) in [5, 5.41) is 3.71. The predicted octanol–water partition coefficient (Wildman–Crippen LogP) is 2.74. The van der Waals surface area contributed by atoms with Crippen LogP contribution in [0.25, 0.3) is 0 Å². The predicted molar refractivity (Wildman–Crippen MR) is 77.8 cm³/mol. The molecule has 1 unspecified atom stereocenters. The van der Waals surface area contributed by atoms with Crippen LogP contribution in [0.15, 0.2) is 11.7 Å². The van der Waals surface area contributed by atoms with Crippen molar-refractivity contribution in [3.8, 4) is 0 Å². The molecule has 102 valence electrons. The minimum absolute atomic E-state index is 0.214. The first kappa shape index (κ1) is 14.0. The van der Waals surface area contributed by atoms with Crippen LogP contribution >= 0.6 is 11.3 Å². The first-order valence-corrected chi connectivity index (χ1v) is 7.53. The zero-order valence-electron chi connectivity index (χ0n) is 12.2. The lowest BCUT2D eigenvalue weighted by molar-refractivity contribution is 0.0303. The van der Waals surface area contributed by atoms with Crippen molar-refractivity contribution in [1.29, 1.82) is 0 Å². The average molecular weight is 267 g/mol. The number of nitrogens with zero attached hydrogens (tertiary/aromatic N) is 2. The third-order valence-corrected chi connectivity index (χ3v) is 4.68. The molecule has 0 aliphatic carbocycles. The van der Waals surface area contributed by atoms with E-state index in [-0.39, 0.29) is 5.54 Å². The van der Waals surface area contributed by atoms with Gasteiger partial charge in [-0.1, -0.05) is 20.8 Å². The third-order valence-electron chi connectivity index (χ3n) is 3.92. The van der Waals surface area contributed by atoms with Crippen LogP contribution in [0, 0.1) is 5.41 Å². The van der Waals surface area contributed by atoms with Crippen molar-refractivity contribution in [3.63, 3.8) is 0 Å². The Morgan fingerprint density at radius 1 is 1.50 bits per heavy atom. The monoisotopic (exact) mass is 267 g/mol. The molecule has 1 aromatic heterocycles. The van der Waals surface area contributed by atoms with Crippen LogP contribution in [-0.2, 0) is 6.54 Å². The molecule has 1 aliphatic heterocycles. The summed E-state index contributed by atoms with van der Waals surface area (Å²) in [6.45, 7) is 14.8. The van der Waals surface area contributed by atoms with E-state index < -0.39 is 0 Å². The van der Waals surface area contributed by atoms with Gasteiger partial charge in [-0.15, -0.1) is 11.3 Å². The summed E-state index contributed by atoms with van der Waals surface area (Å²) >= 11 is 1.75. The summed E-state index contributed by atoms with van der Waals surface area (Å²) < 4.78 is 0. The number of piperazine rings is 1. The molecule has 2 heterocycles. The van der Waals surface area contributed by atoms with Crippen LogP contribution in [0.1, 0.15) is 39.5 Å². The van der Waals surface area contributed by atoms with Gasteiger partial charge in [0, 0.05) is 42.3 Å². The van der Waals surface area contributed by atoms with E-state index in [0.29, 0.717) is 11.5 Å². The van der Waals surface area contributed by atoms with Gasteiger partial charge in [0.15, 0.2) is 0 Å². The van der Waals surface area contributed by atoms with E-state index in [1.54, 1.807) is 11.3 Å². The molecule has 0 spiro atoms. The van der Waals surface area contributed by atoms with Gasteiger partial charge in [0.05, 0.1) is 5.51 Å². The van der Waals surface area contributed by atoms with E-state index in [1.807, 2.05) is 11.7 Å². The van der Waals surface area contributed by atoms with Gasteiger partial charge in [0.25, 0.3) is 0 Å². The molecule has 0 aromatic carbocycles. The van der Waals surface area contributed by atoms with E-state index in [0.717, 1.165) is 19.6 Å². The summed E-state index contributed by atoms with van der Waals surface area (Å²) in [7, 11) is 0. The highest BCUT2D eigenvalue weighted by molar-refractivity contribution is 7.09. The molecule has 18 heavy (non-hydrogen) atoms. The lowest BCUT2D eigenvalue weighted by atomic mass is 9.83. The molecular formula is C14H25N3S. The number of aromatic nitrogens is 1. The number of rotatable bonds is 2. The van der Waals surface area contributed by atoms with Crippen LogP contribution in [0.2, 0.25) is 0 Å². The van der Waals surface area contributed by atoms with Gasteiger partial charge in [0.2, 0.25) is 0 Å². The minimum Gasteiger partial charge on any atom is -0.310 e. The number of thiazole rings is 1. The maximum Gasteiger partial charge on any atom is 0.0794 e. The second-order valence-electron chi connectivity index (χ2n) is 6.96. The van der Waals surface area contributed by atoms with Gasteiger partial charge in [-0.2, -0.15) is 0 Å². The molecule has 0 bridgehead atoms. The molecule has 4 heteroatoms. The van der Waals surface area contributed by atoms with E-state index in [2.05, 4.69) is 49.8 Å². The zero-order chi connectivity index (χ0) is 13.4. The maximum atomic E-state index is 4.18. The SMILES string of the molecule is CC(C)(C)C1CN(Cc2cncs2)C(C)(C)CN1. The summed E-state index contributed by atoms with van der Waals surface area (Å²) in [6, 6.07) is 0.554. The zero-order valence-corrected chi connectivity index (χ0v) is 13.0. The second kappa shape index (κ2) is 4.91. The first-order chi connectivity index (χ1) is 8.29. The van der Waals surface area contributed by atoms with Crippen molar-refractivity contribution in [2.45, 2.75) is 52.7 Å². The molecular weight excluding hydrogens is 242 g/mol. The molecule has 1 aromatic rings. The van der Waals surface area contributed by atoms with Crippen LogP contribution in [0.3, 0.4) is 0 Å². The highest BCUT2D eigenvalue weighted by atomic mass is 32.1. The van der Waals surface area contributed by atoms with Gasteiger partial charge in [-0.3, -0.25) is 9.88 Å². The second-order valence-corrected chi connectivity index (χ2v) is 7.93. The molecule has 1 aliphatic rings. The van der Waals surface area contributed by atoms with Gasteiger partial charge < -0.3 is 5.32 Å². The van der Waals surface area contributed by atoms with Crippen LogP contribution < -0.4 is 5.32 Å². The Morgan fingerprint density at radius 2 is 2.22 bits per heavy atom. The third kappa shape index (κ3) is 3.11. The van der Waals surface area contributed by atoms with E-state index in [4.69, 9.17) is 0 Å². The fourth-order valence-corrected chi connectivity index (χ4v) is 2.99. The first-order valence-electron chi connectivity index (χ1n) is 6.65. The van der Waals surface area contributed by atoms with Gasteiger partial charge in [-0.25, -0.2) is 0 Å². The van der Waals surface area contributed by atoms with Crippen molar-refractivity contribution in [2.24, 2.45) is 5.41 Å². The lowest BCUT2D eigenvalue weighted by Gasteiger charge is -2.49. The molecule has 3 nitrogen and oxygen atoms in total. The molecule has 0 amide bonds. The Hall–Kier alpha value is -0.450.